The number of hydrogen-bond donors (Lipinski definition) is 2. The van der Waals surface area contributed by atoms with Crippen LogP contribution in [0.4, 0.5) is 0 Å². The van der Waals surface area contributed by atoms with Gasteiger partial charge in [-0.2, -0.15) is 0 Å². The van der Waals surface area contributed by atoms with Crippen molar-refractivity contribution in [1.82, 2.24) is 20.2 Å². The summed E-state index contributed by atoms with van der Waals surface area (Å²) in [6.07, 6.45) is 5.00. The molecule has 7 nitrogen and oxygen atoms in total. The van der Waals surface area contributed by atoms with Gasteiger partial charge in [0.2, 0.25) is 5.91 Å². The number of nitrogens with one attached hydrogen (secondary N) is 1. The van der Waals surface area contributed by atoms with Gasteiger partial charge in [0.05, 0.1) is 21.8 Å². The molecule has 3 heterocycles. The zero-order valence-corrected chi connectivity index (χ0v) is 22.3. The minimum absolute atomic E-state index is 0.0217. The summed E-state index contributed by atoms with van der Waals surface area (Å²) < 4.78 is 6.49. The molecule has 190 valence electrons. The van der Waals surface area contributed by atoms with Crippen LogP contribution >= 0.6 is 22.9 Å². The Bertz CT molecular complexity index is 1230. The molecule has 1 amide bonds. The van der Waals surface area contributed by atoms with E-state index in [1.165, 1.54) is 11.3 Å². The topological polar surface area (TPSA) is 87.6 Å². The molecule has 0 bridgehead atoms. The summed E-state index contributed by atoms with van der Waals surface area (Å²) in [5.41, 5.74) is 2.21. The Kier molecular flexibility index (Phi) is 7.97. The van der Waals surface area contributed by atoms with E-state index in [2.05, 4.69) is 21.9 Å². The minimum atomic E-state index is -1.03. The van der Waals surface area contributed by atoms with E-state index in [4.69, 9.17) is 16.3 Å². The number of aromatic nitrogens is 2. The molecule has 1 aliphatic heterocycles. The van der Waals surface area contributed by atoms with Gasteiger partial charge < -0.3 is 20.1 Å². The molecule has 36 heavy (non-hydrogen) atoms. The summed E-state index contributed by atoms with van der Waals surface area (Å²) in [7, 11) is 0. The highest BCUT2D eigenvalue weighted by molar-refractivity contribution is 7.15. The first-order chi connectivity index (χ1) is 17.1. The van der Waals surface area contributed by atoms with Crippen LogP contribution in [0.1, 0.15) is 49.9 Å². The number of piperidine rings is 1. The van der Waals surface area contributed by atoms with Crippen molar-refractivity contribution in [3.05, 3.63) is 70.6 Å². The number of halogens is 1. The zero-order valence-electron chi connectivity index (χ0n) is 20.8. The lowest BCUT2D eigenvalue weighted by molar-refractivity contribution is -0.130. The first-order valence-electron chi connectivity index (χ1n) is 11.9. The van der Waals surface area contributed by atoms with Crippen LogP contribution in [0, 0.1) is 0 Å². The van der Waals surface area contributed by atoms with Gasteiger partial charge in [-0.05, 0) is 31.5 Å². The molecule has 0 aliphatic carbocycles. The van der Waals surface area contributed by atoms with Crippen molar-refractivity contribution in [3.8, 4) is 16.2 Å². The van der Waals surface area contributed by atoms with Gasteiger partial charge in [-0.25, -0.2) is 4.98 Å². The summed E-state index contributed by atoms with van der Waals surface area (Å²) in [5, 5.41) is 15.0. The number of amides is 1. The molecule has 1 saturated heterocycles. The van der Waals surface area contributed by atoms with Gasteiger partial charge in [-0.15, -0.1) is 11.3 Å². The first kappa shape index (κ1) is 26.1. The lowest BCUT2D eigenvalue weighted by Gasteiger charge is -2.32. The molecule has 4 rings (SSSR count). The number of thiazole rings is 1. The third-order valence-corrected chi connectivity index (χ3v) is 7.67. The number of rotatable bonds is 8. The maximum absolute atomic E-state index is 11.7. The molecular weight excluding hydrogens is 496 g/mol. The molecule has 0 radical (unpaired) electrons. The molecule has 0 atom stereocenters. The minimum Gasteiger partial charge on any atom is -0.489 e. The predicted molar refractivity (Wildman–Crippen MR) is 144 cm³/mol. The fourth-order valence-corrected chi connectivity index (χ4v) is 4.99. The van der Waals surface area contributed by atoms with Crippen LogP contribution in [-0.4, -0.2) is 45.1 Å². The van der Waals surface area contributed by atoms with Gasteiger partial charge >= 0.3 is 0 Å². The highest BCUT2D eigenvalue weighted by atomic mass is 35.5. The van der Waals surface area contributed by atoms with Crippen molar-refractivity contribution in [2.24, 2.45) is 0 Å². The molecule has 9 heteroatoms. The summed E-state index contributed by atoms with van der Waals surface area (Å²) in [6.45, 7) is 11.1. The second kappa shape index (κ2) is 11.0. The van der Waals surface area contributed by atoms with Gasteiger partial charge in [-0.1, -0.05) is 30.3 Å². The molecule has 2 aromatic heterocycles. The SMILES string of the molecule is C=C(NCc1ccc(Cl)cc1)c1cc(OC2CCN(C(C)=O)CC2)c(-c2cnc(C(C)(C)O)s2)cn1. The maximum Gasteiger partial charge on any atom is 0.219 e. The van der Waals surface area contributed by atoms with Gasteiger partial charge in [0.15, 0.2) is 0 Å². The van der Waals surface area contributed by atoms with Crippen molar-refractivity contribution in [1.29, 1.82) is 0 Å². The molecule has 0 saturated carbocycles. The number of hydrogen-bond acceptors (Lipinski definition) is 7. The van der Waals surface area contributed by atoms with Gasteiger partial charge in [0.25, 0.3) is 0 Å². The van der Waals surface area contributed by atoms with E-state index in [1.807, 2.05) is 35.2 Å². The van der Waals surface area contributed by atoms with Crippen molar-refractivity contribution >= 4 is 34.5 Å². The van der Waals surface area contributed by atoms with Gasteiger partial charge in [-0.3, -0.25) is 9.78 Å². The van der Waals surface area contributed by atoms with Crippen molar-refractivity contribution in [2.75, 3.05) is 13.1 Å². The maximum atomic E-state index is 11.7. The van der Waals surface area contributed by atoms with Crippen LogP contribution in [0.2, 0.25) is 5.02 Å². The summed E-state index contributed by atoms with van der Waals surface area (Å²) >= 11 is 7.40. The van der Waals surface area contributed by atoms with E-state index in [-0.39, 0.29) is 12.0 Å². The molecular formula is C27H31ClN4O3S. The molecule has 0 spiro atoms. The molecule has 1 aromatic carbocycles. The number of carbonyl (C=O) groups excluding carboxylic acids is 1. The number of ether oxygens (including phenoxy) is 1. The predicted octanol–water partition coefficient (Wildman–Crippen LogP) is 5.24. The number of aliphatic hydroxyl groups is 1. The van der Waals surface area contributed by atoms with E-state index in [9.17, 15) is 9.90 Å². The summed E-state index contributed by atoms with van der Waals surface area (Å²) in [5.74, 6) is 0.772. The highest BCUT2D eigenvalue weighted by Gasteiger charge is 2.25. The smallest absolute Gasteiger partial charge is 0.219 e. The Morgan fingerprint density at radius 2 is 1.94 bits per heavy atom. The Morgan fingerprint density at radius 1 is 1.25 bits per heavy atom. The Labute approximate surface area is 220 Å². The van der Waals surface area contributed by atoms with Crippen LogP contribution in [0.3, 0.4) is 0 Å². The second-order valence-corrected chi connectivity index (χ2v) is 10.9. The van der Waals surface area contributed by atoms with Crippen LogP contribution in [0.15, 0.2) is 49.3 Å². The van der Waals surface area contributed by atoms with E-state index < -0.39 is 5.60 Å². The van der Waals surface area contributed by atoms with Gasteiger partial charge in [0, 0.05) is 62.9 Å². The average Bonchev–Trinajstić information content (AvgIpc) is 3.35. The van der Waals surface area contributed by atoms with Crippen molar-refractivity contribution < 1.29 is 14.6 Å². The summed E-state index contributed by atoms with van der Waals surface area (Å²) in [4.78, 5) is 23.5. The Balaban J connectivity index is 1.56. The monoisotopic (exact) mass is 526 g/mol. The van der Waals surface area contributed by atoms with Gasteiger partial charge in [0.1, 0.15) is 22.5 Å². The average molecular weight is 527 g/mol. The quantitative estimate of drug-likeness (QED) is 0.417. The molecule has 3 aromatic rings. The van der Waals surface area contributed by atoms with E-state index >= 15 is 0 Å². The third-order valence-electron chi connectivity index (χ3n) is 6.07. The Morgan fingerprint density at radius 3 is 2.56 bits per heavy atom. The lowest BCUT2D eigenvalue weighted by atomic mass is 10.1. The lowest BCUT2D eigenvalue weighted by Crippen LogP contribution is -2.40. The normalized spacial score (nSPS) is 14.5. The number of carbonyl (C=O) groups is 1. The zero-order chi connectivity index (χ0) is 25.9. The molecule has 1 aliphatic rings. The Hall–Kier alpha value is -2.94. The fourth-order valence-electron chi connectivity index (χ4n) is 3.94. The third kappa shape index (κ3) is 6.43. The van der Waals surface area contributed by atoms with Crippen LogP contribution in [0.5, 0.6) is 5.75 Å². The van der Waals surface area contributed by atoms with Crippen molar-refractivity contribution in [2.45, 2.75) is 51.9 Å². The molecule has 0 unspecified atom stereocenters. The van der Waals surface area contributed by atoms with E-state index in [0.717, 1.165) is 28.8 Å². The first-order valence-corrected chi connectivity index (χ1v) is 13.1. The largest absolute Gasteiger partial charge is 0.489 e. The van der Waals surface area contributed by atoms with E-state index in [0.29, 0.717) is 46.8 Å². The fraction of sp³-hybridized carbons (Fsp3) is 0.370. The van der Waals surface area contributed by atoms with Crippen LogP contribution < -0.4 is 10.1 Å². The number of likely N-dealkylation sites (tertiary alicyclic amines) is 1. The second-order valence-electron chi connectivity index (χ2n) is 9.44. The number of benzene rings is 1. The van der Waals surface area contributed by atoms with Crippen molar-refractivity contribution in [3.63, 3.8) is 0 Å². The molecule has 2 N–H and O–H groups in total. The van der Waals surface area contributed by atoms with Crippen LogP contribution in [-0.2, 0) is 16.9 Å². The standard InChI is InChI=1S/C27H31ClN4O3S/c1-17(29-14-19-5-7-20(28)8-6-19)23-13-24(35-21-9-11-32(12-10-21)18(2)33)22(15-30-23)25-16-31-26(36-25)27(3,4)34/h5-8,13,15-16,21,29,34H,1,9-12,14H2,2-4H3. The summed E-state index contributed by atoms with van der Waals surface area (Å²) in [6, 6.07) is 9.53. The number of pyridine rings is 1. The molecule has 1 fully saturated rings. The highest BCUT2D eigenvalue weighted by Crippen LogP contribution is 2.38. The number of nitrogens with zero attached hydrogens (tertiary/aromatic N) is 3. The van der Waals surface area contributed by atoms with E-state index in [1.54, 1.807) is 33.2 Å². The van der Waals surface area contributed by atoms with Crippen LogP contribution in [0.25, 0.3) is 16.1 Å².